The Hall–Kier alpha value is -2.83. The van der Waals surface area contributed by atoms with Gasteiger partial charge in [0.2, 0.25) is 0 Å². The topological polar surface area (TPSA) is 70.6 Å². The van der Waals surface area contributed by atoms with E-state index in [1.807, 2.05) is 29.2 Å². The first-order valence-corrected chi connectivity index (χ1v) is 9.03. The summed E-state index contributed by atoms with van der Waals surface area (Å²) < 4.78 is 5.13. The summed E-state index contributed by atoms with van der Waals surface area (Å²) in [4.78, 5) is 16.5. The molecule has 2 aromatic rings. The molecule has 1 saturated heterocycles. The van der Waals surface area contributed by atoms with Gasteiger partial charge in [0.25, 0.3) is 0 Å². The van der Waals surface area contributed by atoms with Crippen molar-refractivity contribution in [2.45, 2.75) is 19.3 Å². The van der Waals surface area contributed by atoms with E-state index in [1.54, 1.807) is 7.11 Å². The van der Waals surface area contributed by atoms with Crippen molar-refractivity contribution in [2.75, 3.05) is 43.5 Å². The smallest absolute Gasteiger partial charge is 0.321 e. The molecule has 0 radical (unpaired) electrons. The molecule has 1 aliphatic heterocycles. The highest BCUT2D eigenvalue weighted by Gasteiger charge is 2.23. The van der Waals surface area contributed by atoms with Crippen LogP contribution in [0, 0.1) is 0 Å². The molecule has 26 heavy (non-hydrogen) atoms. The number of ether oxygens (including phenoxy) is 1. The summed E-state index contributed by atoms with van der Waals surface area (Å²) in [5.74, 6) is 1.70. The van der Waals surface area contributed by atoms with Gasteiger partial charge >= 0.3 is 6.03 Å². The molecule has 1 aliphatic carbocycles. The van der Waals surface area contributed by atoms with Crippen LogP contribution in [0.5, 0.6) is 5.75 Å². The minimum atomic E-state index is -0.0742. The van der Waals surface area contributed by atoms with Crippen LogP contribution in [0.4, 0.5) is 16.3 Å². The molecule has 1 fully saturated rings. The largest absolute Gasteiger partial charge is 0.497 e. The molecule has 1 aromatic carbocycles. The van der Waals surface area contributed by atoms with Crippen molar-refractivity contribution in [3.8, 4) is 5.75 Å². The molecule has 0 saturated carbocycles. The van der Waals surface area contributed by atoms with Gasteiger partial charge in [0, 0.05) is 31.9 Å². The van der Waals surface area contributed by atoms with E-state index in [9.17, 15) is 4.79 Å². The molecule has 4 rings (SSSR count). The van der Waals surface area contributed by atoms with Crippen LogP contribution in [0.25, 0.3) is 0 Å². The number of carbonyl (C=O) groups is 1. The average molecular weight is 353 g/mol. The zero-order valence-corrected chi connectivity index (χ0v) is 14.9. The van der Waals surface area contributed by atoms with E-state index >= 15 is 0 Å². The van der Waals surface area contributed by atoms with Gasteiger partial charge in [0.1, 0.15) is 5.75 Å². The Morgan fingerprint density at radius 2 is 1.85 bits per heavy atom. The van der Waals surface area contributed by atoms with Crippen LogP contribution in [0.3, 0.4) is 0 Å². The second kappa shape index (κ2) is 7.19. The van der Waals surface area contributed by atoms with Crippen molar-refractivity contribution in [2.24, 2.45) is 0 Å². The van der Waals surface area contributed by atoms with Gasteiger partial charge < -0.3 is 19.9 Å². The Morgan fingerprint density at radius 1 is 1.08 bits per heavy atom. The van der Waals surface area contributed by atoms with Crippen LogP contribution in [0.15, 0.2) is 30.3 Å². The van der Waals surface area contributed by atoms with Gasteiger partial charge in [0.05, 0.1) is 12.8 Å². The van der Waals surface area contributed by atoms with Crippen LogP contribution < -0.4 is 15.0 Å². The first-order valence-electron chi connectivity index (χ1n) is 9.03. The third kappa shape index (κ3) is 3.42. The number of urea groups is 1. The summed E-state index contributed by atoms with van der Waals surface area (Å²) in [6.45, 7) is 2.87. The Bertz CT molecular complexity index is 785. The molecule has 7 nitrogen and oxygen atoms in total. The Morgan fingerprint density at radius 3 is 2.58 bits per heavy atom. The van der Waals surface area contributed by atoms with Gasteiger partial charge in [0.15, 0.2) is 5.82 Å². The lowest BCUT2D eigenvalue weighted by Gasteiger charge is -2.35. The number of nitrogens with zero attached hydrogens (tertiary/aromatic N) is 4. The van der Waals surface area contributed by atoms with E-state index in [0.717, 1.165) is 48.9 Å². The number of aryl methyl sites for hydroxylation is 2. The molecule has 2 heterocycles. The highest BCUT2D eigenvalue weighted by Crippen LogP contribution is 2.23. The molecular weight excluding hydrogens is 330 g/mol. The van der Waals surface area contributed by atoms with E-state index in [-0.39, 0.29) is 6.03 Å². The first kappa shape index (κ1) is 16.6. The van der Waals surface area contributed by atoms with Crippen molar-refractivity contribution in [1.82, 2.24) is 15.1 Å². The summed E-state index contributed by atoms with van der Waals surface area (Å²) in [7, 11) is 1.62. The highest BCUT2D eigenvalue weighted by molar-refractivity contribution is 5.89. The molecule has 0 spiro atoms. The van der Waals surface area contributed by atoms with E-state index in [0.29, 0.717) is 13.1 Å². The zero-order valence-electron chi connectivity index (χ0n) is 14.9. The predicted molar refractivity (Wildman–Crippen MR) is 99.9 cm³/mol. The summed E-state index contributed by atoms with van der Waals surface area (Å²) >= 11 is 0. The predicted octanol–water partition coefficient (Wildman–Crippen LogP) is 2.33. The first-order chi connectivity index (χ1) is 12.7. The maximum atomic E-state index is 12.5. The van der Waals surface area contributed by atoms with Gasteiger partial charge in [-0.3, -0.25) is 0 Å². The Kier molecular flexibility index (Phi) is 4.60. The number of amides is 2. The molecule has 7 heteroatoms. The minimum Gasteiger partial charge on any atom is -0.497 e. The van der Waals surface area contributed by atoms with Crippen LogP contribution in [0.1, 0.15) is 17.7 Å². The number of methoxy groups -OCH3 is 1. The lowest BCUT2D eigenvalue weighted by atomic mass is 10.2. The van der Waals surface area contributed by atoms with Crippen LogP contribution in [-0.4, -0.2) is 54.4 Å². The van der Waals surface area contributed by atoms with E-state index in [1.165, 1.54) is 12.0 Å². The third-order valence-electron chi connectivity index (χ3n) is 5.04. The molecule has 1 aromatic heterocycles. The normalized spacial score (nSPS) is 16.3. The summed E-state index contributed by atoms with van der Waals surface area (Å²) in [6, 6.07) is 9.44. The van der Waals surface area contributed by atoms with Gasteiger partial charge in [-0.1, -0.05) is 0 Å². The van der Waals surface area contributed by atoms with Crippen LogP contribution >= 0.6 is 0 Å². The van der Waals surface area contributed by atoms with Crippen molar-refractivity contribution in [3.63, 3.8) is 0 Å². The Balaban J connectivity index is 1.33. The van der Waals surface area contributed by atoms with E-state index in [4.69, 9.17) is 4.74 Å². The second-order valence-corrected chi connectivity index (χ2v) is 6.66. The zero-order chi connectivity index (χ0) is 17.9. The number of anilines is 2. The number of hydrogen-bond donors (Lipinski definition) is 1. The Labute approximate surface area is 153 Å². The fraction of sp³-hybridized carbons (Fsp3) is 0.421. The van der Waals surface area contributed by atoms with Gasteiger partial charge in [-0.25, -0.2) is 4.79 Å². The molecule has 2 aliphatic rings. The maximum absolute atomic E-state index is 12.5. The molecule has 2 amide bonds. The summed E-state index contributed by atoms with van der Waals surface area (Å²) in [5.41, 5.74) is 3.24. The van der Waals surface area contributed by atoms with Crippen molar-refractivity contribution in [3.05, 3.63) is 41.6 Å². The minimum absolute atomic E-state index is 0.0742. The summed E-state index contributed by atoms with van der Waals surface area (Å²) in [6.07, 6.45) is 3.32. The van der Waals surface area contributed by atoms with Crippen molar-refractivity contribution >= 4 is 17.5 Å². The maximum Gasteiger partial charge on any atom is 0.321 e. The SMILES string of the molecule is COc1ccc(NC(=O)N2CCN(c3cc4c(nn3)CCC4)CC2)cc1. The highest BCUT2D eigenvalue weighted by atomic mass is 16.5. The molecule has 0 unspecified atom stereocenters. The van der Waals surface area contributed by atoms with Gasteiger partial charge in [-0.15, -0.1) is 5.10 Å². The lowest BCUT2D eigenvalue weighted by molar-refractivity contribution is 0.208. The molecule has 136 valence electrons. The molecule has 0 atom stereocenters. The molecule has 1 N–H and O–H groups in total. The fourth-order valence-electron chi connectivity index (χ4n) is 3.49. The standard InChI is InChI=1S/C19H23N5O2/c1-26-16-7-5-15(6-8-16)20-19(25)24-11-9-23(10-12-24)18-13-14-3-2-4-17(14)21-22-18/h5-8,13H,2-4,9-12H2,1H3,(H,20,25). The van der Waals surface area contributed by atoms with Crippen LogP contribution in [0.2, 0.25) is 0 Å². The van der Waals surface area contributed by atoms with Gasteiger partial charge in [-0.2, -0.15) is 5.10 Å². The van der Waals surface area contributed by atoms with E-state index in [2.05, 4.69) is 26.5 Å². The van der Waals surface area contributed by atoms with Crippen molar-refractivity contribution < 1.29 is 9.53 Å². The monoisotopic (exact) mass is 353 g/mol. The average Bonchev–Trinajstić information content (AvgIpc) is 3.16. The number of aromatic nitrogens is 2. The quantitative estimate of drug-likeness (QED) is 0.917. The van der Waals surface area contributed by atoms with Gasteiger partial charge in [-0.05, 0) is 55.2 Å². The lowest BCUT2D eigenvalue weighted by Crippen LogP contribution is -2.50. The number of carbonyl (C=O) groups excluding carboxylic acids is 1. The fourth-order valence-corrected chi connectivity index (χ4v) is 3.49. The number of piperazine rings is 1. The third-order valence-corrected chi connectivity index (χ3v) is 5.04. The van der Waals surface area contributed by atoms with Crippen LogP contribution in [-0.2, 0) is 12.8 Å². The molecule has 0 bridgehead atoms. The second-order valence-electron chi connectivity index (χ2n) is 6.66. The summed E-state index contributed by atoms with van der Waals surface area (Å²) in [5, 5.41) is 11.7. The number of hydrogen-bond acceptors (Lipinski definition) is 5. The van der Waals surface area contributed by atoms with E-state index < -0.39 is 0 Å². The number of rotatable bonds is 3. The number of fused-ring (bicyclic) bond motifs is 1. The van der Waals surface area contributed by atoms with Crippen molar-refractivity contribution in [1.29, 1.82) is 0 Å². The number of nitrogens with one attached hydrogen (secondary N) is 1. The number of benzene rings is 1. The molecular formula is C19H23N5O2.